The molecule has 0 bridgehead atoms. The van der Waals surface area contributed by atoms with Crippen LogP contribution >= 0.6 is 15.9 Å². The molecule has 0 radical (unpaired) electrons. The molecule has 1 aliphatic rings. The number of hydrogen-bond donors (Lipinski definition) is 1. The highest BCUT2D eigenvalue weighted by Gasteiger charge is 2.24. The number of rotatable bonds is 5. The number of likely N-dealkylation sites (tertiary alicyclic amines) is 1. The van der Waals surface area contributed by atoms with Crippen LogP contribution in [0.4, 0.5) is 4.39 Å². The summed E-state index contributed by atoms with van der Waals surface area (Å²) >= 11 is 3.41. The lowest BCUT2D eigenvalue weighted by Gasteiger charge is -2.25. The van der Waals surface area contributed by atoms with Crippen molar-refractivity contribution in [1.82, 2.24) is 10.2 Å². The van der Waals surface area contributed by atoms with E-state index in [1.807, 2.05) is 6.07 Å². The van der Waals surface area contributed by atoms with Crippen molar-refractivity contribution in [1.29, 1.82) is 0 Å². The Bertz CT molecular complexity index is 397. The molecule has 1 aromatic carbocycles. The van der Waals surface area contributed by atoms with Crippen molar-refractivity contribution in [3.63, 3.8) is 0 Å². The molecule has 2 rings (SSSR count). The van der Waals surface area contributed by atoms with Crippen LogP contribution in [0, 0.1) is 5.82 Å². The third kappa shape index (κ3) is 3.53. The summed E-state index contributed by atoms with van der Waals surface area (Å²) in [6.45, 7) is 5.90. The Labute approximate surface area is 117 Å². The number of benzene rings is 1. The van der Waals surface area contributed by atoms with Gasteiger partial charge in [0.15, 0.2) is 0 Å². The van der Waals surface area contributed by atoms with Gasteiger partial charge in [0.1, 0.15) is 5.82 Å². The molecule has 1 saturated heterocycles. The summed E-state index contributed by atoms with van der Waals surface area (Å²) in [5.74, 6) is -0.104. The fourth-order valence-electron chi connectivity index (χ4n) is 2.53. The summed E-state index contributed by atoms with van der Waals surface area (Å²) in [6, 6.07) is 5.72. The molecule has 0 aromatic heterocycles. The van der Waals surface area contributed by atoms with E-state index in [-0.39, 0.29) is 5.82 Å². The molecule has 0 spiro atoms. The van der Waals surface area contributed by atoms with Gasteiger partial charge in [0.25, 0.3) is 0 Å². The lowest BCUT2D eigenvalue weighted by Crippen LogP contribution is -2.37. The smallest absolute Gasteiger partial charge is 0.127 e. The van der Waals surface area contributed by atoms with Crippen LogP contribution in [0.2, 0.25) is 0 Å². The average molecular weight is 315 g/mol. The molecular weight excluding hydrogens is 295 g/mol. The van der Waals surface area contributed by atoms with E-state index in [1.165, 1.54) is 18.9 Å². The summed E-state index contributed by atoms with van der Waals surface area (Å²) in [5, 5.41) is 3.39. The molecule has 1 fully saturated rings. The minimum atomic E-state index is -0.104. The fraction of sp³-hybridized carbons (Fsp3) is 0.571. The quantitative estimate of drug-likeness (QED) is 0.898. The molecule has 0 saturated carbocycles. The van der Waals surface area contributed by atoms with Crippen molar-refractivity contribution < 1.29 is 4.39 Å². The Kier molecular flexibility index (Phi) is 5.15. The molecule has 1 unspecified atom stereocenters. The summed E-state index contributed by atoms with van der Waals surface area (Å²) in [4.78, 5) is 2.38. The SMILES string of the molecule is CCNCC1CCCN1Cc1cc(Br)ccc1F. The lowest BCUT2D eigenvalue weighted by molar-refractivity contribution is 0.237. The van der Waals surface area contributed by atoms with Gasteiger partial charge in [-0.1, -0.05) is 22.9 Å². The molecule has 1 aromatic rings. The van der Waals surface area contributed by atoms with Gasteiger partial charge in [0.05, 0.1) is 0 Å². The van der Waals surface area contributed by atoms with E-state index in [2.05, 4.69) is 33.1 Å². The van der Waals surface area contributed by atoms with Crippen molar-refractivity contribution in [2.75, 3.05) is 19.6 Å². The number of nitrogens with zero attached hydrogens (tertiary/aromatic N) is 1. The maximum atomic E-state index is 13.7. The summed E-state index contributed by atoms with van der Waals surface area (Å²) in [7, 11) is 0. The van der Waals surface area contributed by atoms with E-state index in [9.17, 15) is 4.39 Å². The van der Waals surface area contributed by atoms with Crippen LogP contribution in [0.25, 0.3) is 0 Å². The Morgan fingerprint density at radius 1 is 1.50 bits per heavy atom. The second kappa shape index (κ2) is 6.64. The second-order valence-corrected chi connectivity index (χ2v) is 5.73. The summed E-state index contributed by atoms with van der Waals surface area (Å²) < 4.78 is 14.7. The van der Waals surface area contributed by atoms with Crippen LogP contribution in [0.3, 0.4) is 0 Å². The Balaban J connectivity index is 2.01. The van der Waals surface area contributed by atoms with Gasteiger partial charge in [-0.2, -0.15) is 0 Å². The maximum absolute atomic E-state index is 13.7. The number of hydrogen-bond acceptors (Lipinski definition) is 2. The molecule has 1 heterocycles. The first-order chi connectivity index (χ1) is 8.70. The van der Waals surface area contributed by atoms with E-state index >= 15 is 0 Å². The van der Waals surface area contributed by atoms with Crippen LogP contribution in [-0.4, -0.2) is 30.6 Å². The van der Waals surface area contributed by atoms with Gasteiger partial charge >= 0.3 is 0 Å². The number of halogens is 2. The first kappa shape index (κ1) is 14.0. The minimum Gasteiger partial charge on any atom is -0.315 e. The van der Waals surface area contributed by atoms with Crippen LogP contribution < -0.4 is 5.32 Å². The molecule has 4 heteroatoms. The zero-order chi connectivity index (χ0) is 13.0. The molecule has 0 amide bonds. The van der Waals surface area contributed by atoms with E-state index in [0.29, 0.717) is 12.6 Å². The van der Waals surface area contributed by atoms with Gasteiger partial charge in [-0.05, 0) is 44.1 Å². The maximum Gasteiger partial charge on any atom is 0.127 e. The van der Waals surface area contributed by atoms with Crippen LogP contribution in [0.1, 0.15) is 25.3 Å². The molecular formula is C14H20BrFN2. The van der Waals surface area contributed by atoms with Gasteiger partial charge in [-0.25, -0.2) is 4.39 Å². The lowest BCUT2D eigenvalue weighted by atomic mass is 10.1. The van der Waals surface area contributed by atoms with Gasteiger partial charge in [-0.15, -0.1) is 0 Å². The highest BCUT2D eigenvalue weighted by molar-refractivity contribution is 9.10. The van der Waals surface area contributed by atoms with E-state index in [4.69, 9.17) is 0 Å². The van der Waals surface area contributed by atoms with Crippen molar-refractivity contribution in [2.24, 2.45) is 0 Å². The van der Waals surface area contributed by atoms with Crippen molar-refractivity contribution in [2.45, 2.75) is 32.4 Å². The Morgan fingerprint density at radius 2 is 2.33 bits per heavy atom. The highest BCUT2D eigenvalue weighted by Crippen LogP contribution is 2.22. The molecule has 0 aliphatic carbocycles. The Hall–Kier alpha value is -0.450. The summed E-state index contributed by atoms with van der Waals surface area (Å²) in [6.07, 6.45) is 2.42. The van der Waals surface area contributed by atoms with Crippen LogP contribution in [-0.2, 0) is 6.54 Å². The minimum absolute atomic E-state index is 0.104. The number of nitrogens with one attached hydrogen (secondary N) is 1. The molecule has 100 valence electrons. The van der Waals surface area contributed by atoms with Gasteiger partial charge in [-0.3, -0.25) is 4.90 Å². The van der Waals surface area contributed by atoms with E-state index in [1.54, 1.807) is 6.07 Å². The molecule has 1 atom stereocenters. The third-order valence-electron chi connectivity index (χ3n) is 3.51. The molecule has 1 aliphatic heterocycles. The predicted molar refractivity (Wildman–Crippen MR) is 76.1 cm³/mol. The monoisotopic (exact) mass is 314 g/mol. The zero-order valence-corrected chi connectivity index (χ0v) is 12.3. The topological polar surface area (TPSA) is 15.3 Å². The largest absolute Gasteiger partial charge is 0.315 e. The zero-order valence-electron chi connectivity index (χ0n) is 10.8. The average Bonchev–Trinajstić information content (AvgIpc) is 2.79. The van der Waals surface area contributed by atoms with E-state index < -0.39 is 0 Å². The molecule has 1 N–H and O–H groups in total. The normalized spacial score (nSPS) is 20.5. The fourth-order valence-corrected chi connectivity index (χ4v) is 2.94. The first-order valence-electron chi connectivity index (χ1n) is 6.59. The van der Waals surface area contributed by atoms with Crippen LogP contribution in [0.5, 0.6) is 0 Å². The van der Waals surface area contributed by atoms with Gasteiger partial charge in [0.2, 0.25) is 0 Å². The van der Waals surface area contributed by atoms with Crippen molar-refractivity contribution in [3.8, 4) is 0 Å². The third-order valence-corrected chi connectivity index (χ3v) is 4.00. The first-order valence-corrected chi connectivity index (χ1v) is 7.38. The van der Waals surface area contributed by atoms with Gasteiger partial charge in [0, 0.05) is 29.2 Å². The Morgan fingerprint density at radius 3 is 3.11 bits per heavy atom. The summed E-state index contributed by atoms with van der Waals surface area (Å²) in [5.41, 5.74) is 0.785. The highest BCUT2D eigenvalue weighted by atomic mass is 79.9. The van der Waals surface area contributed by atoms with E-state index in [0.717, 1.165) is 29.7 Å². The van der Waals surface area contributed by atoms with Gasteiger partial charge < -0.3 is 5.32 Å². The predicted octanol–water partition coefficient (Wildman–Crippen LogP) is 3.16. The molecule has 18 heavy (non-hydrogen) atoms. The second-order valence-electron chi connectivity index (χ2n) is 4.81. The number of likely N-dealkylation sites (N-methyl/N-ethyl adjacent to an activating group) is 1. The van der Waals surface area contributed by atoms with Crippen molar-refractivity contribution >= 4 is 15.9 Å². The standard InChI is InChI=1S/C14H20BrFN2/c1-2-17-9-13-4-3-7-18(13)10-11-8-12(15)5-6-14(11)16/h5-6,8,13,17H,2-4,7,9-10H2,1H3. The van der Waals surface area contributed by atoms with Crippen LogP contribution in [0.15, 0.2) is 22.7 Å². The molecule has 2 nitrogen and oxygen atoms in total. The van der Waals surface area contributed by atoms with Crippen molar-refractivity contribution in [3.05, 3.63) is 34.1 Å².